The largest absolute Gasteiger partial charge is 0.481 e. The fourth-order valence-electron chi connectivity index (χ4n) is 3.71. The SMILES string of the molecule is Cc1ccc2c(c1)CCCN2C(=O)[C@@H]1CCC[C@@H]1C(=O)O. The molecule has 21 heavy (non-hydrogen) atoms. The Labute approximate surface area is 124 Å². The number of fused-ring (bicyclic) bond motifs is 1. The van der Waals surface area contributed by atoms with Crippen molar-refractivity contribution in [3.05, 3.63) is 29.3 Å². The molecule has 4 heteroatoms. The molecule has 0 bridgehead atoms. The van der Waals surface area contributed by atoms with Gasteiger partial charge in [-0.2, -0.15) is 0 Å². The molecular weight excluding hydrogens is 266 g/mol. The second-order valence-corrected chi connectivity index (χ2v) is 6.21. The quantitative estimate of drug-likeness (QED) is 0.910. The number of benzene rings is 1. The van der Waals surface area contributed by atoms with E-state index in [0.29, 0.717) is 19.4 Å². The maximum atomic E-state index is 12.8. The zero-order valence-corrected chi connectivity index (χ0v) is 12.3. The minimum absolute atomic E-state index is 0.00435. The molecule has 0 saturated heterocycles. The number of carboxylic acids is 1. The number of anilines is 1. The fraction of sp³-hybridized carbons (Fsp3) is 0.529. The third-order valence-electron chi connectivity index (χ3n) is 4.77. The highest BCUT2D eigenvalue weighted by molar-refractivity contribution is 5.98. The van der Waals surface area contributed by atoms with Crippen LogP contribution in [0.4, 0.5) is 5.69 Å². The predicted octanol–water partition coefficient (Wildman–Crippen LogP) is 2.78. The van der Waals surface area contributed by atoms with Crippen LogP contribution < -0.4 is 4.90 Å². The molecule has 1 amide bonds. The monoisotopic (exact) mass is 287 g/mol. The van der Waals surface area contributed by atoms with Gasteiger partial charge in [0.25, 0.3) is 0 Å². The molecule has 0 spiro atoms. The van der Waals surface area contributed by atoms with E-state index in [1.54, 1.807) is 0 Å². The standard InChI is InChI=1S/C17H21NO3/c1-11-7-8-15-12(10-11)4-3-9-18(15)16(19)13-5-2-6-14(13)17(20)21/h7-8,10,13-14H,2-6,9H2,1H3,(H,20,21)/t13-,14+/m1/s1. The van der Waals surface area contributed by atoms with Gasteiger partial charge in [-0.25, -0.2) is 0 Å². The van der Waals surface area contributed by atoms with E-state index in [1.165, 1.54) is 11.1 Å². The molecule has 112 valence electrons. The molecule has 1 heterocycles. The lowest BCUT2D eigenvalue weighted by atomic mass is 9.92. The number of carbonyl (C=O) groups is 2. The van der Waals surface area contributed by atoms with Crippen molar-refractivity contribution in [2.45, 2.75) is 39.0 Å². The summed E-state index contributed by atoms with van der Waals surface area (Å²) in [6, 6.07) is 6.16. The third kappa shape index (κ3) is 2.55. The van der Waals surface area contributed by atoms with Gasteiger partial charge >= 0.3 is 5.97 Å². The van der Waals surface area contributed by atoms with E-state index in [9.17, 15) is 14.7 Å². The third-order valence-corrected chi connectivity index (χ3v) is 4.77. The van der Waals surface area contributed by atoms with Gasteiger partial charge in [-0.05, 0) is 44.2 Å². The molecule has 0 aromatic heterocycles. The van der Waals surface area contributed by atoms with Crippen molar-refractivity contribution in [3.8, 4) is 0 Å². The van der Waals surface area contributed by atoms with Crippen LogP contribution in [0.25, 0.3) is 0 Å². The van der Waals surface area contributed by atoms with E-state index >= 15 is 0 Å². The van der Waals surface area contributed by atoms with Crippen LogP contribution in [0, 0.1) is 18.8 Å². The molecular formula is C17H21NO3. The van der Waals surface area contributed by atoms with E-state index in [0.717, 1.165) is 24.9 Å². The highest BCUT2D eigenvalue weighted by Gasteiger charge is 2.40. The van der Waals surface area contributed by atoms with Gasteiger partial charge in [0.1, 0.15) is 0 Å². The Morgan fingerprint density at radius 3 is 2.71 bits per heavy atom. The Bertz CT molecular complexity index is 581. The summed E-state index contributed by atoms with van der Waals surface area (Å²) < 4.78 is 0. The molecule has 3 rings (SSSR count). The number of rotatable bonds is 2. The summed E-state index contributed by atoms with van der Waals surface area (Å²) in [4.78, 5) is 26.0. The average molecular weight is 287 g/mol. The summed E-state index contributed by atoms with van der Waals surface area (Å²) in [5.74, 6) is -1.68. The number of hydrogen-bond acceptors (Lipinski definition) is 2. The highest BCUT2D eigenvalue weighted by Crippen LogP contribution is 2.36. The van der Waals surface area contributed by atoms with E-state index in [1.807, 2.05) is 17.0 Å². The number of aliphatic carboxylic acids is 1. The van der Waals surface area contributed by atoms with Gasteiger partial charge in [0.05, 0.1) is 11.8 Å². The Kier molecular flexibility index (Phi) is 3.70. The van der Waals surface area contributed by atoms with Crippen LogP contribution in [-0.2, 0) is 16.0 Å². The Morgan fingerprint density at radius 1 is 1.19 bits per heavy atom. The first-order valence-electron chi connectivity index (χ1n) is 7.71. The maximum absolute atomic E-state index is 12.8. The molecule has 2 atom stereocenters. The number of carbonyl (C=O) groups excluding carboxylic acids is 1. The first kappa shape index (κ1) is 14.1. The molecule has 1 aromatic rings. The van der Waals surface area contributed by atoms with E-state index in [-0.39, 0.29) is 11.8 Å². The summed E-state index contributed by atoms with van der Waals surface area (Å²) in [7, 11) is 0. The van der Waals surface area contributed by atoms with Gasteiger partial charge in [-0.3, -0.25) is 9.59 Å². The van der Waals surface area contributed by atoms with Crippen LogP contribution in [0.15, 0.2) is 18.2 Å². The number of hydrogen-bond donors (Lipinski definition) is 1. The number of aryl methyl sites for hydroxylation is 2. The molecule has 1 N–H and O–H groups in total. The highest BCUT2D eigenvalue weighted by atomic mass is 16.4. The number of amides is 1. The second kappa shape index (κ2) is 5.51. The van der Waals surface area contributed by atoms with Gasteiger partial charge in [0.2, 0.25) is 5.91 Å². The van der Waals surface area contributed by atoms with Crippen LogP contribution in [0.1, 0.15) is 36.8 Å². The number of nitrogens with zero attached hydrogens (tertiary/aromatic N) is 1. The molecule has 1 saturated carbocycles. The normalized spacial score (nSPS) is 24.7. The Morgan fingerprint density at radius 2 is 1.95 bits per heavy atom. The Hall–Kier alpha value is -1.84. The molecule has 1 aliphatic heterocycles. The van der Waals surface area contributed by atoms with Gasteiger partial charge in [0, 0.05) is 12.2 Å². The molecule has 1 aromatic carbocycles. The van der Waals surface area contributed by atoms with Crippen LogP contribution in [-0.4, -0.2) is 23.5 Å². The van der Waals surface area contributed by atoms with Crippen molar-refractivity contribution in [2.75, 3.05) is 11.4 Å². The molecule has 4 nitrogen and oxygen atoms in total. The van der Waals surface area contributed by atoms with Crippen molar-refractivity contribution in [3.63, 3.8) is 0 Å². The van der Waals surface area contributed by atoms with Crippen LogP contribution in [0.5, 0.6) is 0 Å². The second-order valence-electron chi connectivity index (χ2n) is 6.21. The molecule has 2 aliphatic rings. The van der Waals surface area contributed by atoms with Crippen molar-refractivity contribution in [1.29, 1.82) is 0 Å². The van der Waals surface area contributed by atoms with E-state index < -0.39 is 11.9 Å². The molecule has 1 fully saturated rings. The first-order valence-corrected chi connectivity index (χ1v) is 7.71. The van der Waals surface area contributed by atoms with Crippen molar-refractivity contribution >= 4 is 17.6 Å². The van der Waals surface area contributed by atoms with Crippen LogP contribution in [0.2, 0.25) is 0 Å². The summed E-state index contributed by atoms with van der Waals surface area (Å²) in [5.41, 5.74) is 3.39. The number of carboxylic acid groups (broad SMARTS) is 1. The van der Waals surface area contributed by atoms with Crippen molar-refractivity contribution in [2.24, 2.45) is 11.8 Å². The van der Waals surface area contributed by atoms with Gasteiger partial charge in [0.15, 0.2) is 0 Å². The van der Waals surface area contributed by atoms with Gasteiger partial charge < -0.3 is 10.0 Å². The maximum Gasteiger partial charge on any atom is 0.307 e. The molecule has 0 unspecified atom stereocenters. The lowest BCUT2D eigenvalue weighted by molar-refractivity contribution is -0.145. The van der Waals surface area contributed by atoms with Crippen LogP contribution in [0.3, 0.4) is 0 Å². The van der Waals surface area contributed by atoms with Crippen molar-refractivity contribution < 1.29 is 14.7 Å². The summed E-state index contributed by atoms with van der Waals surface area (Å²) >= 11 is 0. The fourth-order valence-corrected chi connectivity index (χ4v) is 3.71. The minimum atomic E-state index is -0.827. The molecule has 1 aliphatic carbocycles. The predicted molar refractivity (Wildman–Crippen MR) is 80.3 cm³/mol. The minimum Gasteiger partial charge on any atom is -0.481 e. The average Bonchev–Trinajstić information content (AvgIpc) is 2.95. The van der Waals surface area contributed by atoms with E-state index in [2.05, 4.69) is 13.0 Å². The zero-order valence-electron chi connectivity index (χ0n) is 12.3. The lowest BCUT2D eigenvalue weighted by Gasteiger charge is -2.32. The van der Waals surface area contributed by atoms with Gasteiger partial charge in [-0.1, -0.05) is 24.1 Å². The zero-order chi connectivity index (χ0) is 15.0. The lowest BCUT2D eigenvalue weighted by Crippen LogP contribution is -2.42. The van der Waals surface area contributed by atoms with Crippen molar-refractivity contribution in [1.82, 2.24) is 0 Å². The van der Waals surface area contributed by atoms with E-state index in [4.69, 9.17) is 0 Å². The summed E-state index contributed by atoms with van der Waals surface area (Å²) in [6.45, 7) is 2.76. The molecule has 0 radical (unpaired) electrons. The van der Waals surface area contributed by atoms with Crippen LogP contribution >= 0.6 is 0 Å². The first-order chi connectivity index (χ1) is 10.1. The summed E-state index contributed by atoms with van der Waals surface area (Å²) in [5, 5.41) is 9.29. The van der Waals surface area contributed by atoms with Gasteiger partial charge in [-0.15, -0.1) is 0 Å². The summed E-state index contributed by atoms with van der Waals surface area (Å²) in [6.07, 6.45) is 4.11. The smallest absolute Gasteiger partial charge is 0.307 e. The topological polar surface area (TPSA) is 57.6 Å². The Balaban J connectivity index is 1.88.